The number of rotatable bonds is 10. The minimum atomic E-state index is 0.255. The number of imidazole rings is 4. The third kappa shape index (κ3) is 14.9. The molecule has 0 aromatic carbocycles. The topological polar surface area (TPSA) is 100.0 Å². The fourth-order valence-corrected chi connectivity index (χ4v) is 11.0. The van der Waals surface area contributed by atoms with Crippen LogP contribution >= 0.6 is 0 Å². The minimum absolute atomic E-state index is 0.255. The SMILES string of the molecule is CC(C)C(C)(C)N1CCN2CCOCC2C1.CC(C)C(C)(C)N1CCn2ccnc2C1.CC(C)C(C)(C)N1CCn2ccnc2C1.CC(C)C(C)(C)N1CCn2ccnc2C1.Cc1cnc2n1CCN(C(C)(C)C(C)C)C2. The van der Waals surface area contributed by atoms with Gasteiger partial charge in [-0.2, -0.15) is 0 Å². The third-order valence-electron chi connectivity index (χ3n) is 20.9. The predicted octanol–water partition coefficient (Wildman–Crippen LogP) is 10.3. The summed E-state index contributed by atoms with van der Waals surface area (Å²) in [6.45, 7) is 67.9. The zero-order valence-electron chi connectivity index (χ0n) is 52.9. The van der Waals surface area contributed by atoms with E-state index in [2.05, 4.69) is 232 Å². The van der Waals surface area contributed by atoms with Crippen molar-refractivity contribution < 1.29 is 4.74 Å². The van der Waals surface area contributed by atoms with E-state index in [1.807, 2.05) is 24.8 Å². The van der Waals surface area contributed by atoms with Gasteiger partial charge in [-0.15, -0.1) is 0 Å². The molecule has 1 unspecified atom stereocenters. The summed E-state index contributed by atoms with van der Waals surface area (Å²) in [5, 5.41) is 0. The van der Waals surface area contributed by atoms with Crippen LogP contribution in [-0.2, 0) is 57.1 Å². The lowest BCUT2D eigenvalue weighted by atomic mass is 9.87. The molecule has 0 radical (unpaired) electrons. The maximum Gasteiger partial charge on any atom is 0.123 e. The monoisotopic (exact) mass is 1070 g/mol. The second-order valence-corrected chi connectivity index (χ2v) is 27.5. The summed E-state index contributed by atoms with van der Waals surface area (Å²) >= 11 is 0. The van der Waals surface area contributed by atoms with Gasteiger partial charge in [0.1, 0.15) is 23.3 Å². The molecule has 2 fully saturated rings. The van der Waals surface area contributed by atoms with Crippen LogP contribution in [0.2, 0.25) is 0 Å². The summed E-state index contributed by atoms with van der Waals surface area (Å²) < 4.78 is 14.7. The molecule has 4 aromatic rings. The Kier molecular flexibility index (Phi) is 21.2. The first kappa shape index (κ1) is 62.8. The fourth-order valence-electron chi connectivity index (χ4n) is 11.0. The number of aryl methyl sites for hydroxylation is 1. The smallest absolute Gasteiger partial charge is 0.123 e. The molecule has 6 aliphatic rings. The Hall–Kier alpha value is -3.44. The molecule has 0 aliphatic carbocycles. The van der Waals surface area contributed by atoms with Crippen molar-refractivity contribution in [2.75, 3.05) is 65.6 Å². The van der Waals surface area contributed by atoms with E-state index in [0.717, 1.165) is 98.3 Å². The lowest BCUT2D eigenvalue weighted by Gasteiger charge is -2.50. The van der Waals surface area contributed by atoms with Gasteiger partial charge in [0, 0.05) is 161 Å². The van der Waals surface area contributed by atoms with Crippen molar-refractivity contribution in [3.05, 3.63) is 72.4 Å². The highest BCUT2D eigenvalue weighted by molar-refractivity contribution is 5.07. The highest BCUT2D eigenvalue weighted by atomic mass is 16.5. The Labute approximate surface area is 469 Å². The number of hydrogen-bond donors (Lipinski definition) is 0. The van der Waals surface area contributed by atoms with E-state index in [0.29, 0.717) is 41.2 Å². The Bertz CT molecular complexity index is 2230. The second-order valence-electron chi connectivity index (χ2n) is 27.5. The summed E-state index contributed by atoms with van der Waals surface area (Å²) in [6, 6.07) is 0.625. The van der Waals surface area contributed by atoms with Crippen molar-refractivity contribution in [2.45, 2.75) is 231 Å². The van der Waals surface area contributed by atoms with Crippen molar-refractivity contribution in [1.82, 2.24) is 67.6 Å². The average molecular weight is 1070 g/mol. The average Bonchev–Trinajstić information content (AvgIpc) is 4.24. The molecule has 0 spiro atoms. The molecular weight excluding hydrogens is 957 g/mol. The first-order valence-electron chi connectivity index (χ1n) is 30.1. The van der Waals surface area contributed by atoms with E-state index in [1.165, 1.54) is 48.6 Å². The minimum Gasteiger partial charge on any atom is -0.378 e. The zero-order valence-corrected chi connectivity index (χ0v) is 52.9. The third-order valence-corrected chi connectivity index (χ3v) is 20.9. The Balaban J connectivity index is 0.000000156. The van der Waals surface area contributed by atoms with E-state index in [4.69, 9.17) is 4.74 Å². The van der Waals surface area contributed by atoms with Crippen molar-refractivity contribution in [3.8, 4) is 0 Å². The molecule has 0 amide bonds. The van der Waals surface area contributed by atoms with Crippen LogP contribution in [0.5, 0.6) is 0 Å². The molecule has 2 saturated heterocycles. The summed E-state index contributed by atoms with van der Waals surface area (Å²) in [5.41, 5.74) is 2.64. The summed E-state index contributed by atoms with van der Waals surface area (Å²) in [4.78, 5) is 33.1. The van der Waals surface area contributed by atoms with Crippen LogP contribution in [0, 0.1) is 36.5 Å². The van der Waals surface area contributed by atoms with Crippen LogP contribution in [0.1, 0.15) is 167 Å². The first-order chi connectivity index (χ1) is 36.0. The molecule has 15 nitrogen and oxygen atoms in total. The highest BCUT2D eigenvalue weighted by Crippen LogP contribution is 2.32. The van der Waals surface area contributed by atoms with Crippen molar-refractivity contribution >= 4 is 0 Å². The van der Waals surface area contributed by atoms with Gasteiger partial charge in [-0.25, -0.2) is 19.9 Å². The van der Waals surface area contributed by atoms with E-state index >= 15 is 0 Å². The molecule has 10 heterocycles. The van der Waals surface area contributed by atoms with Gasteiger partial charge >= 0.3 is 0 Å². The number of hydrogen-bond acceptors (Lipinski definition) is 11. The fraction of sp³-hybridized carbons (Fsp3) is 0.806. The van der Waals surface area contributed by atoms with Crippen LogP contribution in [0.3, 0.4) is 0 Å². The van der Waals surface area contributed by atoms with Crippen LogP contribution in [0.25, 0.3) is 0 Å². The first-order valence-corrected chi connectivity index (χ1v) is 30.1. The van der Waals surface area contributed by atoms with Crippen molar-refractivity contribution in [3.63, 3.8) is 0 Å². The molecular formula is C62H112N14O. The highest BCUT2D eigenvalue weighted by Gasteiger charge is 2.39. The molecule has 0 bridgehead atoms. The number of ether oxygens (including phenoxy) is 1. The number of aromatic nitrogens is 8. The summed E-state index contributed by atoms with van der Waals surface area (Å²) in [5.74, 6) is 8.19. The summed E-state index contributed by atoms with van der Waals surface area (Å²) in [7, 11) is 0. The number of fused-ring (bicyclic) bond motifs is 5. The van der Waals surface area contributed by atoms with E-state index < -0.39 is 0 Å². The van der Waals surface area contributed by atoms with Gasteiger partial charge in [-0.1, -0.05) is 69.2 Å². The van der Waals surface area contributed by atoms with E-state index in [9.17, 15) is 0 Å². The lowest BCUT2D eigenvalue weighted by Crippen LogP contribution is -2.63. The standard InChI is InChI=1S/C13H23N3.C13H26N2O.3C12H21N3/c1-10(2)13(4,5)15-6-7-16-11(3)8-14-12(16)9-15;1-11(2)13(3,4)15-6-5-14-7-8-16-10-12(14)9-15;3*1-10(2)12(3,4)15-8-7-14-6-5-13-11(14)9-15/h8,10H,6-7,9H2,1-5H3;11-12H,5-10H2,1-4H3;3*5-6,10H,7-9H2,1-4H3. The Morgan fingerprint density at radius 2 is 0.753 bits per heavy atom. The largest absolute Gasteiger partial charge is 0.378 e. The van der Waals surface area contributed by atoms with Gasteiger partial charge in [0.05, 0.1) is 39.4 Å². The van der Waals surface area contributed by atoms with Gasteiger partial charge in [-0.3, -0.25) is 29.4 Å². The van der Waals surface area contributed by atoms with Crippen molar-refractivity contribution in [2.24, 2.45) is 29.6 Å². The quantitative estimate of drug-likeness (QED) is 0.152. The number of morpholine rings is 1. The van der Waals surface area contributed by atoms with Crippen molar-refractivity contribution in [1.29, 1.82) is 0 Å². The van der Waals surface area contributed by atoms with E-state index in [1.54, 1.807) is 0 Å². The van der Waals surface area contributed by atoms with Gasteiger partial charge in [0.25, 0.3) is 0 Å². The number of piperazine rings is 1. The molecule has 0 N–H and O–H groups in total. The number of nitrogens with zero attached hydrogens (tertiary/aromatic N) is 14. The van der Waals surface area contributed by atoms with Gasteiger partial charge in [-0.05, 0) is 106 Å². The van der Waals surface area contributed by atoms with Crippen LogP contribution in [0.15, 0.2) is 43.4 Å². The molecule has 15 heteroatoms. The zero-order chi connectivity index (χ0) is 56.8. The van der Waals surface area contributed by atoms with Crippen LogP contribution < -0.4 is 0 Å². The normalized spacial score (nSPS) is 20.5. The van der Waals surface area contributed by atoms with Crippen LogP contribution in [0.4, 0.5) is 0 Å². The molecule has 4 aromatic heterocycles. The maximum atomic E-state index is 5.59. The van der Waals surface area contributed by atoms with E-state index in [-0.39, 0.29) is 22.2 Å². The molecule has 6 aliphatic heterocycles. The second kappa shape index (κ2) is 26.0. The maximum absolute atomic E-state index is 5.59. The molecule has 436 valence electrons. The Morgan fingerprint density at radius 1 is 0.416 bits per heavy atom. The lowest BCUT2D eigenvalue weighted by molar-refractivity contribution is -0.0721. The van der Waals surface area contributed by atoms with Gasteiger partial charge in [0.15, 0.2) is 0 Å². The molecule has 1 atom stereocenters. The molecule has 77 heavy (non-hydrogen) atoms. The van der Waals surface area contributed by atoms with Gasteiger partial charge < -0.3 is 23.0 Å². The predicted molar refractivity (Wildman–Crippen MR) is 318 cm³/mol. The van der Waals surface area contributed by atoms with Gasteiger partial charge in [0.2, 0.25) is 0 Å². The molecule has 0 saturated carbocycles. The van der Waals surface area contributed by atoms with Crippen LogP contribution in [-0.4, -0.2) is 167 Å². The summed E-state index contributed by atoms with van der Waals surface area (Å²) in [6.07, 6.45) is 13.9. The molecule has 10 rings (SSSR count). The Morgan fingerprint density at radius 3 is 1.13 bits per heavy atom.